The zero-order valence-corrected chi connectivity index (χ0v) is 17.5. The van der Waals surface area contributed by atoms with Crippen molar-refractivity contribution < 1.29 is 13.6 Å². The lowest BCUT2D eigenvalue weighted by molar-refractivity contribution is 0.101. The van der Waals surface area contributed by atoms with Gasteiger partial charge < -0.3 is 5.32 Å². The summed E-state index contributed by atoms with van der Waals surface area (Å²) in [5, 5.41) is 11.2. The van der Waals surface area contributed by atoms with Gasteiger partial charge in [0.2, 0.25) is 5.82 Å². The second-order valence-electron chi connectivity index (χ2n) is 7.35. The van der Waals surface area contributed by atoms with Gasteiger partial charge in [-0.2, -0.15) is 14.6 Å². The Hall–Kier alpha value is -3.69. The Kier molecular flexibility index (Phi) is 5.22. The molecule has 0 aliphatic rings. The van der Waals surface area contributed by atoms with E-state index in [1.165, 1.54) is 6.07 Å². The highest BCUT2D eigenvalue weighted by Gasteiger charge is 2.22. The van der Waals surface area contributed by atoms with Crippen LogP contribution < -0.4 is 5.32 Å². The third kappa shape index (κ3) is 3.88. The maximum absolute atomic E-state index is 13.3. The first-order chi connectivity index (χ1) is 14.7. The number of anilines is 1. The number of alkyl halides is 2. The van der Waals surface area contributed by atoms with Gasteiger partial charge in [0.05, 0.1) is 23.6 Å². The summed E-state index contributed by atoms with van der Waals surface area (Å²) in [6.45, 7) is 7.81. The molecule has 0 atom stereocenters. The summed E-state index contributed by atoms with van der Waals surface area (Å²) in [5.41, 5.74) is 4.20. The third-order valence-electron chi connectivity index (χ3n) is 5.10. The van der Waals surface area contributed by atoms with E-state index in [0.717, 1.165) is 21.3 Å². The van der Waals surface area contributed by atoms with Gasteiger partial charge in [-0.3, -0.25) is 9.48 Å². The van der Waals surface area contributed by atoms with Gasteiger partial charge >= 0.3 is 0 Å². The monoisotopic (exact) mass is 425 g/mol. The third-order valence-corrected chi connectivity index (χ3v) is 5.10. The molecule has 0 saturated heterocycles. The number of carbonyl (C=O) groups is 1. The fraction of sp³-hybridized carbons (Fsp3) is 0.286. The summed E-state index contributed by atoms with van der Waals surface area (Å²) in [7, 11) is 0. The lowest BCUT2D eigenvalue weighted by Crippen LogP contribution is -2.15. The number of halogens is 2. The van der Waals surface area contributed by atoms with Crippen molar-refractivity contribution in [2.75, 3.05) is 5.32 Å². The fourth-order valence-electron chi connectivity index (χ4n) is 3.42. The van der Waals surface area contributed by atoms with Gasteiger partial charge in [0, 0.05) is 5.69 Å². The number of aryl methyl sites for hydroxylation is 3. The molecule has 1 aromatic carbocycles. The number of amides is 1. The van der Waals surface area contributed by atoms with E-state index in [1.54, 1.807) is 13.8 Å². The first-order valence-electron chi connectivity index (χ1n) is 9.67. The van der Waals surface area contributed by atoms with Crippen LogP contribution in [0.2, 0.25) is 0 Å². The van der Waals surface area contributed by atoms with E-state index in [9.17, 15) is 13.6 Å². The van der Waals surface area contributed by atoms with Crippen LogP contribution in [-0.4, -0.2) is 35.3 Å². The van der Waals surface area contributed by atoms with Crippen LogP contribution in [0.3, 0.4) is 0 Å². The van der Waals surface area contributed by atoms with E-state index >= 15 is 0 Å². The molecule has 0 spiro atoms. The second-order valence-corrected chi connectivity index (χ2v) is 7.35. The van der Waals surface area contributed by atoms with Crippen molar-refractivity contribution in [1.29, 1.82) is 0 Å². The van der Waals surface area contributed by atoms with Crippen molar-refractivity contribution in [3.8, 4) is 0 Å². The second kappa shape index (κ2) is 7.86. The van der Waals surface area contributed by atoms with E-state index < -0.39 is 12.3 Å². The van der Waals surface area contributed by atoms with Crippen LogP contribution in [0, 0.1) is 27.7 Å². The minimum atomic E-state index is -2.77. The Balaban J connectivity index is 1.63. The van der Waals surface area contributed by atoms with Crippen molar-refractivity contribution in [3.05, 3.63) is 70.1 Å². The molecule has 4 aromatic rings. The molecular formula is C21H21F2N7O. The molecule has 1 amide bonds. The smallest absolute Gasteiger partial charge is 0.295 e. The van der Waals surface area contributed by atoms with Crippen LogP contribution in [0.25, 0.3) is 5.78 Å². The molecule has 0 aliphatic carbocycles. The summed E-state index contributed by atoms with van der Waals surface area (Å²) < 4.78 is 29.4. The molecule has 0 bridgehead atoms. The highest BCUT2D eigenvalue weighted by Crippen LogP contribution is 2.23. The van der Waals surface area contributed by atoms with E-state index in [-0.39, 0.29) is 17.3 Å². The lowest BCUT2D eigenvalue weighted by Gasteiger charge is -2.08. The molecule has 0 saturated carbocycles. The number of nitrogens with zero attached hydrogens (tertiary/aromatic N) is 6. The zero-order chi connectivity index (χ0) is 22.3. The molecule has 3 aromatic heterocycles. The van der Waals surface area contributed by atoms with Gasteiger partial charge in [0.1, 0.15) is 5.69 Å². The number of aromatic nitrogens is 6. The maximum Gasteiger partial charge on any atom is 0.295 e. The average molecular weight is 425 g/mol. The molecular weight excluding hydrogens is 404 g/mol. The number of nitrogens with one attached hydrogen (secondary N) is 1. The molecule has 10 heteroatoms. The highest BCUT2D eigenvalue weighted by molar-refractivity contribution is 6.02. The molecule has 0 aliphatic heterocycles. The quantitative estimate of drug-likeness (QED) is 0.525. The maximum atomic E-state index is 13.3. The predicted molar refractivity (Wildman–Crippen MR) is 110 cm³/mol. The van der Waals surface area contributed by atoms with Gasteiger partial charge in [-0.05, 0) is 44.9 Å². The number of fused-ring (bicyclic) bond motifs is 1. The lowest BCUT2D eigenvalue weighted by atomic mass is 10.1. The highest BCUT2D eigenvalue weighted by atomic mass is 19.3. The summed E-state index contributed by atoms with van der Waals surface area (Å²) in [6.07, 6.45) is -2.77. The first-order valence-corrected chi connectivity index (χ1v) is 9.67. The van der Waals surface area contributed by atoms with Gasteiger partial charge in [-0.1, -0.05) is 24.3 Å². The number of rotatable bonds is 5. The van der Waals surface area contributed by atoms with Crippen LogP contribution in [0.5, 0.6) is 0 Å². The topological polar surface area (TPSA) is 90.0 Å². The Labute approximate surface area is 176 Å². The Morgan fingerprint density at radius 3 is 2.55 bits per heavy atom. The van der Waals surface area contributed by atoms with Crippen LogP contribution in [0.4, 0.5) is 14.5 Å². The SMILES string of the molecule is Cc1cc(C(F)F)n2nc(C(=O)Nc3c(C)nn(Cc4ccccc4C)c3C)nc2n1. The minimum Gasteiger partial charge on any atom is -0.316 e. The summed E-state index contributed by atoms with van der Waals surface area (Å²) >= 11 is 0. The molecule has 4 rings (SSSR count). The molecule has 1 N–H and O–H groups in total. The van der Waals surface area contributed by atoms with Crippen molar-refractivity contribution in [1.82, 2.24) is 29.4 Å². The molecule has 8 nitrogen and oxygen atoms in total. The fourth-order valence-corrected chi connectivity index (χ4v) is 3.42. The van der Waals surface area contributed by atoms with E-state index in [0.29, 0.717) is 23.6 Å². The molecule has 3 heterocycles. The normalized spacial score (nSPS) is 11.5. The number of benzene rings is 1. The van der Waals surface area contributed by atoms with Gasteiger partial charge in [0.15, 0.2) is 0 Å². The van der Waals surface area contributed by atoms with Crippen LogP contribution >= 0.6 is 0 Å². The molecule has 0 radical (unpaired) electrons. The zero-order valence-electron chi connectivity index (χ0n) is 17.5. The Morgan fingerprint density at radius 1 is 1.10 bits per heavy atom. The van der Waals surface area contributed by atoms with E-state index in [4.69, 9.17) is 0 Å². The van der Waals surface area contributed by atoms with Crippen molar-refractivity contribution >= 4 is 17.4 Å². The van der Waals surface area contributed by atoms with Gasteiger partial charge in [-0.25, -0.2) is 13.8 Å². The van der Waals surface area contributed by atoms with Gasteiger partial charge in [0.25, 0.3) is 18.1 Å². The Morgan fingerprint density at radius 2 is 1.84 bits per heavy atom. The molecule has 160 valence electrons. The summed E-state index contributed by atoms with van der Waals surface area (Å²) in [6, 6.07) is 9.22. The van der Waals surface area contributed by atoms with Crippen LogP contribution in [-0.2, 0) is 6.54 Å². The van der Waals surface area contributed by atoms with Crippen molar-refractivity contribution in [2.24, 2.45) is 0 Å². The van der Waals surface area contributed by atoms with Crippen LogP contribution in [0.15, 0.2) is 30.3 Å². The standard InChI is InChI=1S/C21H21F2N7O/c1-11-7-5-6-8-15(11)10-29-14(4)17(13(3)27-29)25-20(31)19-26-21-24-12(2)9-16(18(22)23)30(21)28-19/h5-9,18H,10H2,1-4H3,(H,25,31). The van der Waals surface area contributed by atoms with Crippen LogP contribution in [0.1, 0.15) is 50.9 Å². The van der Waals surface area contributed by atoms with Crippen molar-refractivity contribution in [3.63, 3.8) is 0 Å². The van der Waals surface area contributed by atoms with E-state index in [1.807, 2.05) is 42.8 Å². The molecule has 0 fully saturated rings. The van der Waals surface area contributed by atoms with Crippen molar-refractivity contribution in [2.45, 2.75) is 40.7 Å². The Bertz CT molecular complexity index is 1290. The van der Waals surface area contributed by atoms with Gasteiger partial charge in [-0.15, -0.1) is 5.10 Å². The molecule has 0 unspecified atom stereocenters. The largest absolute Gasteiger partial charge is 0.316 e. The number of hydrogen-bond donors (Lipinski definition) is 1. The molecule has 31 heavy (non-hydrogen) atoms. The number of hydrogen-bond acceptors (Lipinski definition) is 5. The van der Waals surface area contributed by atoms with E-state index in [2.05, 4.69) is 25.5 Å². The summed E-state index contributed by atoms with van der Waals surface area (Å²) in [5.74, 6) is -0.917. The summed E-state index contributed by atoms with van der Waals surface area (Å²) in [4.78, 5) is 20.9. The predicted octanol–water partition coefficient (Wildman–Crippen LogP) is 3.79. The number of carbonyl (C=O) groups excluding carboxylic acids is 1. The first kappa shape index (κ1) is 20.6. The minimum absolute atomic E-state index is 0.0517. The average Bonchev–Trinajstić information content (AvgIpc) is 3.25.